The molecule has 2 atom stereocenters. The molecule has 88 valence electrons. The quantitative estimate of drug-likeness (QED) is 0.729. The molecule has 1 saturated heterocycles. The van der Waals surface area contributed by atoms with Gasteiger partial charge in [-0.2, -0.15) is 0 Å². The predicted molar refractivity (Wildman–Crippen MR) is 65.2 cm³/mol. The number of quaternary nitrogens is 1. The van der Waals surface area contributed by atoms with Crippen molar-refractivity contribution in [1.82, 2.24) is 0 Å². The van der Waals surface area contributed by atoms with Gasteiger partial charge in [-0.1, -0.05) is 26.2 Å². The summed E-state index contributed by atoms with van der Waals surface area (Å²) in [5, 5.41) is 0. The van der Waals surface area contributed by atoms with Crippen LogP contribution in [0.4, 0.5) is 0 Å². The van der Waals surface area contributed by atoms with Crippen molar-refractivity contribution in [2.45, 2.75) is 58.3 Å². The molecule has 1 heterocycles. The molecule has 1 heteroatoms. The monoisotopic (exact) mass is 210 g/mol. The second-order valence-electron chi connectivity index (χ2n) is 5.83. The van der Waals surface area contributed by atoms with E-state index in [2.05, 4.69) is 6.92 Å². The molecule has 2 rings (SSSR count). The Morgan fingerprint density at radius 2 is 1.67 bits per heavy atom. The molecular weight excluding hydrogens is 182 g/mol. The maximum absolute atomic E-state index is 2.37. The van der Waals surface area contributed by atoms with E-state index >= 15 is 0 Å². The molecule has 15 heavy (non-hydrogen) atoms. The summed E-state index contributed by atoms with van der Waals surface area (Å²) in [6.45, 7) is 6.81. The molecule has 0 aromatic carbocycles. The molecule has 0 aromatic rings. The van der Waals surface area contributed by atoms with Crippen molar-refractivity contribution in [3.63, 3.8) is 0 Å². The maximum Gasteiger partial charge on any atom is 0.0799 e. The van der Waals surface area contributed by atoms with E-state index < -0.39 is 0 Å². The number of piperidine rings is 1. The molecule has 0 amide bonds. The van der Waals surface area contributed by atoms with Crippen LogP contribution in [0.25, 0.3) is 0 Å². The normalized spacial score (nSPS) is 34.2. The van der Waals surface area contributed by atoms with E-state index in [9.17, 15) is 0 Å². The van der Waals surface area contributed by atoms with Crippen LogP contribution < -0.4 is 4.90 Å². The van der Waals surface area contributed by atoms with Gasteiger partial charge in [-0.05, 0) is 32.1 Å². The van der Waals surface area contributed by atoms with Gasteiger partial charge in [0.05, 0.1) is 19.6 Å². The van der Waals surface area contributed by atoms with Crippen LogP contribution >= 0.6 is 0 Å². The first-order valence-corrected chi connectivity index (χ1v) is 7.22. The van der Waals surface area contributed by atoms with Gasteiger partial charge in [-0.15, -0.1) is 0 Å². The second-order valence-corrected chi connectivity index (χ2v) is 5.83. The molecule has 1 aliphatic heterocycles. The van der Waals surface area contributed by atoms with Crippen molar-refractivity contribution in [3.05, 3.63) is 0 Å². The van der Waals surface area contributed by atoms with E-state index in [1.807, 2.05) is 4.90 Å². The van der Waals surface area contributed by atoms with Crippen molar-refractivity contribution in [1.29, 1.82) is 0 Å². The molecule has 1 nitrogen and oxygen atoms in total. The van der Waals surface area contributed by atoms with Crippen LogP contribution in [-0.2, 0) is 0 Å². The summed E-state index contributed by atoms with van der Waals surface area (Å²) in [5.41, 5.74) is 0. The Labute approximate surface area is 95.2 Å². The van der Waals surface area contributed by atoms with Crippen LogP contribution in [-0.4, -0.2) is 19.6 Å². The van der Waals surface area contributed by atoms with E-state index in [0.717, 1.165) is 11.8 Å². The molecule has 1 N–H and O–H groups in total. The zero-order valence-electron chi connectivity index (χ0n) is 10.4. The highest BCUT2D eigenvalue weighted by Gasteiger charge is 2.25. The van der Waals surface area contributed by atoms with Gasteiger partial charge in [-0.25, -0.2) is 0 Å². The van der Waals surface area contributed by atoms with Gasteiger partial charge in [-0.3, -0.25) is 0 Å². The van der Waals surface area contributed by atoms with Crippen LogP contribution in [0.3, 0.4) is 0 Å². The van der Waals surface area contributed by atoms with E-state index in [1.165, 1.54) is 71.0 Å². The number of hydrogen-bond acceptors (Lipinski definition) is 0. The summed E-state index contributed by atoms with van der Waals surface area (Å²) in [5.74, 6) is 2.11. The first kappa shape index (κ1) is 11.4. The number of nitrogens with one attached hydrogen (secondary N) is 1. The maximum atomic E-state index is 2.37. The van der Waals surface area contributed by atoms with E-state index in [4.69, 9.17) is 0 Å². The van der Waals surface area contributed by atoms with Crippen molar-refractivity contribution < 1.29 is 4.90 Å². The largest absolute Gasteiger partial charge is 0.334 e. The lowest BCUT2D eigenvalue weighted by atomic mass is 9.87. The first-order chi connectivity index (χ1) is 7.38. The highest BCUT2D eigenvalue weighted by molar-refractivity contribution is 4.66. The van der Waals surface area contributed by atoms with E-state index in [1.54, 1.807) is 0 Å². The summed E-state index contributed by atoms with van der Waals surface area (Å²) in [4.78, 5) is 1.93. The average molecular weight is 210 g/mol. The standard InChI is InChI=1S/C14H27N/c1-2-13-9-6-10-15(11-13)12-14-7-4-3-5-8-14/h13-14H,2-12H2,1H3/p+1. The Morgan fingerprint density at radius 1 is 0.933 bits per heavy atom. The number of likely N-dealkylation sites (tertiary alicyclic amines) is 1. The van der Waals surface area contributed by atoms with E-state index in [-0.39, 0.29) is 0 Å². The molecule has 0 aromatic heterocycles. The smallest absolute Gasteiger partial charge is 0.0799 e. The Hall–Kier alpha value is -0.0400. The number of rotatable bonds is 3. The van der Waals surface area contributed by atoms with Crippen LogP contribution in [0, 0.1) is 11.8 Å². The second kappa shape index (κ2) is 5.89. The van der Waals surface area contributed by atoms with Gasteiger partial charge in [0.25, 0.3) is 0 Å². The minimum Gasteiger partial charge on any atom is -0.334 e. The number of hydrogen-bond donors (Lipinski definition) is 1. The minimum absolute atomic E-state index is 1.04. The van der Waals surface area contributed by atoms with Gasteiger partial charge >= 0.3 is 0 Å². The molecule has 1 saturated carbocycles. The molecule has 2 unspecified atom stereocenters. The van der Waals surface area contributed by atoms with Gasteiger partial charge in [0.2, 0.25) is 0 Å². The molecule has 2 fully saturated rings. The first-order valence-electron chi connectivity index (χ1n) is 7.22. The van der Waals surface area contributed by atoms with Crippen LogP contribution in [0.5, 0.6) is 0 Å². The fourth-order valence-electron chi connectivity index (χ4n) is 3.59. The van der Waals surface area contributed by atoms with E-state index in [0.29, 0.717) is 0 Å². The van der Waals surface area contributed by atoms with Crippen molar-refractivity contribution in [3.8, 4) is 0 Å². The SMILES string of the molecule is CCC1CCC[NH+](CC2CCCCC2)C1. The zero-order chi connectivity index (χ0) is 10.5. The summed E-state index contributed by atoms with van der Waals surface area (Å²) in [6.07, 6.45) is 12.0. The van der Waals surface area contributed by atoms with Crippen LogP contribution in [0.15, 0.2) is 0 Å². The third kappa shape index (κ3) is 3.48. The highest BCUT2D eigenvalue weighted by atomic mass is 15.1. The predicted octanol–water partition coefficient (Wildman–Crippen LogP) is 2.27. The fraction of sp³-hybridized carbons (Fsp3) is 1.00. The minimum atomic E-state index is 1.04. The molecule has 0 radical (unpaired) electrons. The summed E-state index contributed by atoms with van der Waals surface area (Å²) in [6, 6.07) is 0. The topological polar surface area (TPSA) is 4.44 Å². The van der Waals surface area contributed by atoms with Gasteiger partial charge in [0.15, 0.2) is 0 Å². The summed E-state index contributed by atoms with van der Waals surface area (Å²) < 4.78 is 0. The lowest BCUT2D eigenvalue weighted by Gasteiger charge is -2.33. The Bertz CT molecular complexity index is 172. The Kier molecular flexibility index (Phi) is 4.49. The molecular formula is C14H28N+. The van der Waals surface area contributed by atoms with Gasteiger partial charge in [0, 0.05) is 11.8 Å². The lowest BCUT2D eigenvalue weighted by Crippen LogP contribution is -3.14. The molecule has 1 aliphatic carbocycles. The lowest BCUT2D eigenvalue weighted by molar-refractivity contribution is -0.912. The summed E-state index contributed by atoms with van der Waals surface area (Å²) in [7, 11) is 0. The van der Waals surface area contributed by atoms with Crippen LogP contribution in [0.1, 0.15) is 58.3 Å². The summed E-state index contributed by atoms with van der Waals surface area (Å²) >= 11 is 0. The molecule has 0 spiro atoms. The highest BCUT2D eigenvalue weighted by Crippen LogP contribution is 2.22. The zero-order valence-corrected chi connectivity index (χ0v) is 10.4. The van der Waals surface area contributed by atoms with Gasteiger partial charge in [0.1, 0.15) is 0 Å². The van der Waals surface area contributed by atoms with Crippen LogP contribution in [0.2, 0.25) is 0 Å². The fourth-order valence-corrected chi connectivity index (χ4v) is 3.59. The third-order valence-electron chi connectivity index (χ3n) is 4.60. The average Bonchev–Trinajstić information content (AvgIpc) is 2.31. The Morgan fingerprint density at radius 3 is 2.40 bits per heavy atom. The molecule has 0 bridgehead atoms. The molecule has 2 aliphatic rings. The third-order valence-corrected chi connectivity index (χ3v) is 4.60. The van der Waals surface area contributed by atoms with Gasteiger partial charge < -0.3 is 4.90 Å². The van der Waals surface area contributed by atoms with Crippen molar-refractivity contribution in [2.75, 3.05) is 19.6 Å². The van der Waals surface area contributed by atoms with Crippen molar-refractivity contribution >= 4 is 0 Å². The Balaban J connectivity index is 1.72. The van der Waals surface area contributed by atoms with Crippen molar-refractivity contribution in [2.24, 2.45) is 11.8 Å².